The molecule has 0 atom stereocenters. The first-order valence-corrected chi connectivity index (χ1v) is 20.9. The van der Waals surface area contributed by atoms with E-state index in [1.165, 1.54) is 9.80 Å². The van der Waals surface area contributed by atoms with Crippen molar-refractivity contribution in [2.24, 2.45) is 0 Å². The first-order chi connectivity index (χ1) is 25.9. The zero-order valence-corrected chi connectivity index (χ0v) is 35.0. The highest BCUT2D eigenvalue weighted by atomic mass is 79.9. The monoisotopic (exact) mass is 893 g/mol. The summed E-state index contributed by atoms with van der Waals surface area (Å²) in [5.74, 6) is -5.85. The Morgan fingerprint density at radius 2 is 1.16 bits per heavy atom. The van der Waals surface area contributed by atoms with Crippen LogP contribution in [0.5, 0.6) is 0 Å². The van der Waals surface area contributed by atoms with Gasteiger partial charge >= 0.3 is 0 Å². The molecule has 290 valence electrons. The second kappa shape index (κ2) is 16.7. The van der Waals surface area contributed by atoms with E-state index >= 15 is 0 Å². The lowest BCUT2D eigenvalue weighted by Crippen LogP contribution is -2.42. The molecule has 5 heterocycles. The van der Waals surface area contributed by atoms with E-state index in [1.807, 2.05) is 29.8 Å². The molecule has 0 saturated carbocycles. The lowest BCUT2D eigenvalue weighted by Gasteiger charge is -2.31. The summed E-state index contributed by atoms with van der Waals surface area (Å²) in [4.78, 5) is 34.6. The quantitative estimate of drug-likeness (QED) is 0.165. The average molecular weight is 896 g/mol. The molecule has 7 rings (SSSR count). The van der Waals surface area contributed by atoms with Crippen molar-refractivity contribution < 1.29 is 27.2 Å². The van der Waals surface area contributed by atoms with E-state index in [9.17, 15) is 27.2 Å². The van der Waals surface area contributed by atoms with Crippen LogP contribution in [-0.4, -0.2) is 64.6 Å². The van der Waals surface area contributed by atoms with Crippen LogP contribution in [0.2, 0.25) is 10.0 Å². The number of thiophene rings is 2. The second-order valence-corrected chi connectivity index (χ2v) is 18.2. The Morgan fingerprint density at radius 1 is 0.691 bits per heavy atom. The molecule has 0 unspecified atom stereocenters. The number of hydrogen-bond acceptors (Lipinski definition) is 5. The summed E-state index contributed by atoms with van der Waals surface area (Å²) in [6, 6.07) is 18.4. The second-order valence-electron chi connectivity index (χ2n) is 14.7. The maximum Gasteiger partial charge on any atom is 0.253 e. The van der Waals surface area contributed by atoms with E-state index < -0.39 is 11.8 Å². The SMILES string of the molecule is CC(C)(C)c1cc(-c2csc(-c3ccc(C(=O)N4CCC(F)(F)CC4)cc3Cl)c2)ccn1.O=C(c1ccc(-c2cc(Br)cs2)c(Cl)c1)N1CCC(F)(F)CC1. The van der Waals surface area contributed by atoms with Crippen LogP contribution in [0.25, 0.3) is 32.0 Å². The Kier molecular flexibility index (Phi) is 12.5. The molecule has 0 aliphatic carbocycles. The molecule has 2 saturated heterocycles. The Labute approximate surface area is 344 Å². The summed E-state index contributed by atoms with van der Waals surface area (Å²) in [6.45, 7) is 6.67. The normalized spacial score (nSPS) is 16.7. The van der Waals surface area contributed by atoms with Gasteiger partial charge in [0.1, 0.15) is 0 Å². The van der Waals surface area contributed by atoms with Crippen molar-refractivity contribution >= 4 is 73.6 Å². The maximum atomic E-state index is 13.4. The number of aromatic nitrogens is 1. The fraction of sp³-hybridized carbons (Fsp3) is 0.341. The molecule has 0 spiro atoms. The predicted molar refractivity (Wildman–Crippen MR) is 219 cm³/mol. The van der Waals surface area contributed by atoms with Gasteiger partial charge in [-0.15, -0.1) is 22.7 Å². The van der Waals surface area contributed by atoms with E-state index in [0.29, 0.717) is 21.2 Å². The van der Waals surface area contributed by atoms with Crippen LogP contribution in [-0.2, 0) is 5.41 Å². The standard InChI is InChI=1S/C25H25ClF2N2OS.C16H13BrClF2NOS/c1-24(2,3)22-14-16(6-9-29-22)18-13-21(32-15-18)19-5-4-17(12-20(19)26)23(31)30-10-7-25(27,28)8-11-30;17-11-8-14(23-9-11)12-2-1-10(7-13(12)18)15(22)21-5-3-16(19,20)4-6-21/h4-6,9,12-15H,7-8,10-11H2,1-3H3;1-2,7-9H,3-6H2. The minimum absolute atomic E-state index is 0.0369. The fourth-order valence-corrected chi connectivity index (χ4v) is 9.34. The number of amides is 2. The third-order valence-corrected chi connectivity index (χ3v) is 12.9. The highest BCUT2D eigenvalue weighted by Crippen LogP contribution is 2.39. The van der Waals surface area contributed by atoms with Crippen LogP contribution in [0.4, 0.5) is 17.6 Å². The van der Waals surface area contributed by atoms with Gasteiger partial charge in [-0.2, -0.15) is 0 Å². The molecule has 14 heteroatoms. The van der Waals surface area contributed by atoms with Gasteiger partial charge < -0.3 is 9.80 Å². The van der Waals surface area contributed by atoms with E-state index in [1.54, 1.807) is 53.0 Å². The van der Waals surface area contributed by atoms with E-state index in [-0.39, 0.29) is 69.1 Å². The molecule has 55 heavy (non-hydrogen) atoms. The minimum Gasteiger partial charge on any atom is -0.338 e. The number of likely N-dealkylation sites (tertiary alicyclic amines) is 2. The Balaban J connectivity index is 0.000000197. The van der Waals surface area contributed by atoms with Gasteiger partial charge in [0.2, 0.25) is 0 Å². The summed E-state index contributed by atoms with van der Waals surface area (Å²) < 4.78 is 54.1. The third-order valence-electron chi connectivity index (χ3n) is 9.56. The van der Waals surface area contributed by atoms with Crippen molar-refractivity contribution in [1.82, 2.24) is 14.8 Å². The summed E-state index contributed by atoms with van der Waals surface area (Å²) in [6.07, 6.45) is 0.668. The molecule has 0 N–H and O–H groups in total. The number of benzene rings is 2. The Bertz CT molecular complexity index is 2180. The van der Waals surface area contributed by atoms with Crippen molar-refractivity contribution in [2.75, 3.05) is 26.2 Å². The minimum atomic E-state index is -2.68. The van der Waals surface area contributed by atoms with Crippen LogP contribution in [0.1, 0.15) is 72.9 Å². The molecule has 5 aromatic rings. The molecule has 2 fully saturated rings. The Hall–Kier alpha value is -3.29. The summed E-state index contributed by atoms with van der Waals surface area (Å²) in [5.41, 5.74) is 5.72. The molecule has 2 aliphatic rings. The first kappa shape index (κ1) is 41.3. The summed E-state index contributed by atoms with van der Waals surface area (Å²) in [7, 11) is 0. The van der Waals surface area contributed by atoms with Crippen LogP contribution in [0, 0.1) is 0 Å². The Morgan fingerprint density at radius 3 is 1.60 bits per heavy atom. The molecule has 2 aliphatic heterocycles. The molecule has 3 aromatic heterocycles. The highest BCUT2D eigenvalue weighted by Gasteiger charge is 2.37. The van der Waals surface area contributed by atoms with Crippen LogP contribution < -0.4 is 0 Å². The van der Waals surface area contributed by atoms with Gasteiger partial charge in [-0.05, 0) is 81.0 Å². The van der Waals surface area contributed by atoms with E-state index in [4.69, 9.17) is 23.2 Å². The molecule has 5 nitrogen and oxygen atoms in total. The number of hydrogen-bond donors (Lipinski definition) is 0. The lowest BCUT2D eigenvalue weighted by molar-refractivity contribution is -0.0503. The van der Waals surface area contributed by atoms with Crippen molar-refractivity contribution in [1.29, 1.82) is 0 Å². The lowest BCUT2D eigenvalue weighted by atomic mass is 9.90. The third kappa shape index (κ3) is 10.2. The maximum absolute atomic E-state index is 13.4. The number of nitrogens with zero attached hydrogens (tertiary/aromatic N) is 3. The molecular weight excluding hydrogens is 857 g/mol. The van der Waals surface area contributed by atoms with Crippen molar-refractivity contribution in [3.05, 3.63) is 109 Å². The van der Waals surface area contributed by atoms with Gasteiger partial charge in [-0.25, -0.2) is 17.6 Å². The number of carbonyl (C=O) groups excluding carboxylic acids is 2. The molecule has 0 bridgehead atoms. The van der Waals surface area contributed by atoms with Gasteiger partial charge in [0.25, 0.3) is 23.7 Å². The van der Waals surface area contributed by atoms with Crippen LogP contribution >= 0.6 is 61.8 Å². The zero-order chi connectivity index (χ0) is 39.7. The van der Waals surface area contributed by atoms with Gasteiger partial charge in [-0.3, -0.25) is 14.6 Å². The van der Waals surface area contributed by atoms with Gasteiger partial charge in [-0.1, -0.05) is 56.1 Å². The van der Waals surface area contributed by atoms with Crippen molar-refractivity contribution in [3.8, 4) is 32.0 Å². The van der Waals surface area contributed by atoms with Gasteiger partial charge in [0.05, 0.1) is 10.0 Å². The highest BCUT2D eigenvalue weighted by molar-refractivity contribution is 9.10. The van der Waals surface area contributed by atoms with Crippen LogP contribution in [0.15, 0.2) is 82.1 Å². The summed E-state index contributed by atoms with van der Waals surface area (Å²) in [5, 5.41) is 4.99. The van der Waals surface area contributed by atoms with Gasteiger partial charge in [0.15, 0.2) is 0 Å². The van der Waals surface area contributed by atoms with E-state index in [2.05, 4.69) is 59.2 Å². The number of pyridine rings is 1. The first-order valence-electron chi connectivity index (χ1n) is 17.6. The van der Waals surface area contributed by atoms with Crippen molar-refractivity contribution in [3.63, 3.8) is 0 Å². The average Bonchev–Trinajstić information content (AvgIpc) is 3.81. The van der Waals surface area contributed by atoms with Gasteiger partial charge in [0, 0.05) is 111 Å². The number of carbonyl (C=O) groups is 2. The zero-order valence-electron chi connectivity index (χ0n) is 30.3. The predicted octanol–water partition coefficient (Wildman–Crippen LogP) is 13.0. The smallest absolute Gasteiger partial charge is 0.253 e. The number of alkyl halides is 4. The summed E-state index contributed by atoms with van der Waals surface area (Å²) >= 11 is 19.4. The largest absolute Gasteiger partial charge is 0.338 e. The number of rotatable bonds is 5. The van der Waals surface area contributed by atoms with Crippen molar-refractivity contribution in [2.45, 2.75) is 63.7 Å². The number of piperidine rings is 2. The molecule has 2 amide bonds. The molecular formula is C41H38BrCl2F4N3O2S2. The molecule has 0 radical (unpaired) electrons. The fourth-order valence-electron chi connectivity index (χ4n) is 6.24. The number of halogens is 7. The van der Waals surface area contributed by atoms with Crippen LogP contribution in [0.3, 0.4) is 0 Å². The molecule has 2 aromatic carbocycles. The topological polar surface area (TPSA) is 53.5 Å². The van der Waals surface area contributed by atoms with E-state index in [0.717, 1.165) is 42.2 Å².